The van der Waals surface area contributed by atoms with E-state index in [1.165, 1.54) is 4.90 Å². The van der Waals surface area contributed by atoms with Crippen LogP contribution in [0.3, 0.4) is 0 Å². The van der Waals surface area contributed by atoms with Crippen molar-refractivity contribution < 1.29 is 24.2 Å². The first-order chi connectivity index (χ1) is 8.55. The number of aliphatic carboxylic acids is 1. The standard InChI is InChI=1S/C12H17NO5/c14-9-7-18-8-10(15)13(9)12(6-11(16)17)4-2-1-3-5-12/h1-8H2,(H,16,17). The zero-order valence-corrected chi connectivity index (χ0v) is 10.2. The zero-order valence-electron chi connectivity index (χ0n) is 10.2. The van der Waals surface area contributed by atoms with Crippen molar-refractivity contribution in [2.75, 3.05) is 13.2 Å². The summed E-state index contributed by atoms with van der Waals surface area (Å²) in [7, 11) is 0. The van der Waals surface area contributed by atoms with Gasteiger partial charge in [0.15, 0.2) is 0 Å². The molecular formula is C12H17NO5. The Balaban J connectivity index is 2.28. The summed E-state index contributed by atoms with van der Waals surface area (Å²) in [5.74, 6) is -1.78. The number of hydrogen-bond acceptors (Lipinski definition) is 4. The second-order valence-electron chi connectivity index (χ2n) is 4.97. The average molecular weight is 255 g/mol. The highest BCUT2D eigenvalue weighted by Gasteiger charge is 2.46. The first kappa shape index (κ1) is 13.0. The van der Waals surface area contributed by atoms with Crippen molar-refractivity contribution in [3.63, 3.8) is 0 Å². The predicted molar refractivity (Wildman–Crippen MR) is 60.7 cm³/mol. The third kappa shape index (κ3) is 2.38. The van der Waals surface area contributed by atoms with Crippen LogP contribution in [0.5, 0.6) is 0 Å². The predicted octanol–water partition coefficient (Wildman–Crippen LogP) is 0.549. The van der Waals surface area contributed by atoms with Gasteiger partial charge in [-0.2, -0.15) is 0 Å². The molecule has 1 aliphatic carbocycles. The van der Waals surface area contributed by atoms with E-state index in [1.54, 1.807) is 0 Å². The number of carbonyl (C=O) groups is 3. The summed E-state index contributed by atoms with van der Waals surface area (Å²) in [5.41, 5.74) is -0.831. The summed E-state index contributed by atoms with van der Waals surface area (Å²) in [4.78, 5) is 36.0. The van der Waals surface area contributed by atoms with Gasteiger partial charge in [0.1, 0.15) is 13.2 Å². The van der Waals surface area contributed by atoms with Crippen LogP contribution in [0.25, 0.3) is 0 Å². The lowest BCUT2D eigenvalue weighted by Gasteiger charge is -2.45. The number of carbonyl (C=O) groups excluding carboxylic acids is 2. The number of imide groups is 1. The SMILES string of the molecule is O=C(O)CC1(N2C(=O)COCC2=O)CCCCC1. The fraction of sp³-hybridized carbons (Fsp3) is 0.750. The van der Waals surface area contributed by atoms with Crippen LogP contribution in [0.1, 0.15) is 38.5 Å². The minimum Gasteiger partial charge on any atom is -0.481 e. The summed E-state index contributed by atoms with van der Waals surface area (Å²) in [6.45, 7) is -0.264. The highest BCUT2D eigenvalue weighted by Crippen LogP contribution is 2.37. The van der Waals surface area contributed by atoms with Crippen LogP contribution in [-0.4, -0.2) is 46.5 Å². The van der Waals surface area contributed by atoms with Gasteiger partial charge in [-0.1, -0.05) is 19.3 Å². The fourth-order valence-electron chi connectivity index (χ4n) is 2.99. The summed E-state index contributed by atoms with van der Waals surface area (Å²) >= 11 is 0. The second-order valence-corrected chi connectivity index (χ2v) is 4.97. The van der Waals surface area contributed by atoms with Crippen LogP contribution in [-0.2, 0) is 19.1 Å². The maximum atomic E-state index is 11.9. The van der Waals surface area contributed by atoms with Gasteiger partial charge < -0.3 is 9.84 Å². The third-order valence-electron chi connectivity index (χ3n) is 3.69. The number of carboxylic acid groups (broad SMARTS) is 1. The van der Waals surface area contributed by atoms with Crippen molar-refractivity contribution in [3.8, 4) is 0 Å². The molecule has 1 N–H and O–H groups in total. The monoisotopic (exact) mass is 255 g/mol. The molecule has 0 bridgehead atoms. The Morgan fingerprint density at radius 3 is 2.22 bits per heavy atom. The Hall–Kier alpha value is -1.43. The van der Waals surface area contributed by atoms with E-state index in [1.807, 2.05) is 0 Å². The van der Waals surface area contributed by atoms with Crippen LogP contribution < -0.4 is 0 Å². The van der Waals surface area contributed by atoms with Gasteiger partial charge in [-0.25, -0.2) is 0 Å². The summed E-state index contributed by atoms with van der Waals surface area (Å²) < 4.78 is 4.88. The number of amides is 2. The van der Waals surface area contributed by atoms with E-state index >= 15 is 0 Å². The third-order valence-corrected chi connectivity index (χ3v) is 3.69. The molecule has 0 aromatic rings. The maximum absolute atomic E-state index is 11.9. The molecule has 2 rings (SSSR count). The molecule has 1 heterocycles. The quantitative estimate of drug-likeness (QED) is 0.744. The molecule has 2 aliphatic rings. The number of hydrogen-bond donors (Lipinski definition) is 1. The summed E-state index contributed by atoms with van der Waals surface area (Å²) in [5, 5.41) is 9.05. The van der Waals surface area contributed by atoms with Crippen molar-refractivity contribution in [1.29, 1.82) is 0 Å². The molecule has 100 valence electrons. The van der Waals surface area contributed by atoms with E-state index in [-0.39, 0.29) is 19.6 Å². The van der Waals surface area contributed by atoms with Crippen LogP contribution in [0.15, 0.2) is 0 Å². The van der Waals surface area contributed by atoms with Crippen LogP contribution in [0, 0.1) is 0 Å². The lowest BCUT2D eigenvalue weighted by Crippen LogP contribution is -2.60. The van der Waals surface area contributed by atoms with Crippen LogP contribution >= 0.6 is 0 Å². The number of nitrogens with zero attached hydrogens (tertiary/aromatic N) is 1. The first-order valence-corrected chi connectivity index (χ1v) is 6.21. The maximum Gasteiger partial charge on any atom is 0.305 e. The lowest BCUT2D eigenvalue weighted by molar-refractivity contribution is -0.170. The molecule has 2 amide bonds. The molecule has 6 nitrogen and oxygen atoms in total. The Kier molecular flexibility index (Phi) is 3.65. The van der Waals surface area contributed by atoms with E-state index in [0.717, 1.165) is 19.3 Å². The lowest BCUT2D eigenvalue weighted by atomic mass is 9.77. The van der Waals surface area contributed by atoms with E-state index < -0.39 is 23.3 Å². The van der Waals surface area contributed by atoms with E-state index in [4.69, 9.17) is 9.84 Å². The van der Waals surface area contributed by atoms with Crippen molar-refractivity contribution in [2.45, 2.75) is 44.1 Å². The molecule has 0 aromatic heterocycles. The van der Waals surface area contributed by atoms with Crippen molar-refractivity contribution in [2.24, 2.45) is 0 Å². The van der Waals surface area contributed by atoms with Crippen molar-refractivity contribution in [3.05, 3.63) is 0 Å². The molecule has 6 heteroatoms. The minimum atomic E-state index is -0.969. The van der Waals surface area contributed by atoms with Gasteiger partial charge >= 0.3 is 5.97 Å². The molecule has 0 unspecified atom stereocenters. The van der Waals surface area contributed by atoms with Crippen LogP contribution in [0.4, 0.5) is 0 Å². The van der Waals surface area contributed by atoms with Gasteiger partial charge in [0, 0.05) is 0 Å². The number of ether oxygens (including phenoxy) is 1. The van der Waals surface area contributed by atoms with Crippen LogP contribution in [0.2, 0.25) is 0 Å². The Bertz CT molecular complexity index is 357. The summed E-state index contributed by atoms with van der Waals surface area (Å²) in [6, 6.07) is 0. The Morgan fingerprint density at radius 1 is 1.17 bits per heavy atom. The largest absolute Gasteiger partial charge is 0.481 e. The van der Waals surface area contributed by atoms with E-state index in [2.05, 4.69) is 0 Å². The number of morpholine rings is 1. The number of rotatable bonds is 3. The highest BCUT2D eigenvalue weighted by molar-refractivity contribution is 5.99. The second kappa shape index (κ2) is 5.06. The molecular weight excluding hydrogens is 238 g/mol. The van der Waals surface area contributed by atoms with Gasteiger partial charge in [0.05, 0.1) is 12.0 Å². The minimum absolute atomic E-state index is 0.132. The van der Waals surface area contributed by atoms with Crippen molar-refractivity contribution in [1.82, 2.24) is 4.90 Å². The molecule has 0 atom stereocenters. The number of carboxylic acids is 1. The molecule has 2 fully saturated rings. The van der Waals surface area contributed by atoms with Crippen molar-refractivity contribution >= 4 is 17.8 Å². The van der Waals surface area contributed by atoms with Gasteiger partial charge in [0.2, 0.25) is 0 Å². The molecule has 0 spiro atoms. The molecule has 18 heavy (non-hydrogen) atoms. The molecule has 1 saturated carbocycles. The van der Waals surface area contributed by atoms with E-state index in [0.29, 0.717) is 12.8 Å². The van der Waals surface area contributed by atoms with Gasteiger partial charge in [-0.15, -0.1) is 0 Å². The molecule has 1 aliphatic heterocycles. The zero-order chi connectivity index (χ0) is 13.2. The van der Waals surface area contributed by atoms with Gasteiger partial charge in [0.25, 0.3) is 11.8 Å². The molecule has 0 aromatic carbocycles. The fourth-order valence-corrected chi connectivity index (χ4v) is 2.99. The average Bonchev–Trinajstić information content (AvgIpc) is 2.28. The summed E-state index contributed by atoms with van der Waals surface area (Å²) in [6.07, 6.45) is 3.72. The topological polar surface area (TPSA) is 83.9 Å². The first-order valence-electron chi connectivity index (χ1n) is 6.21. The molecule has 0 radical (unpaired) electrons. The normalized spacial score (nSPS) is 24.1. The van der Waals surface area contributed by atoms with Gasteiger partial charge in [-0.3, -0.25) is 19.3 Å². The van der Waals surface area contributed by atoms with Gasteiger partial charge in [-0.05, 0) is 12.8 Å². The Morgan fingerprint density at radius 2 is 1.72 bits per heavy atom. The highest BCUT2D eigenvalue weighted by atomic mass is 16.5. The van der Waals surface area contributed by atoms with E-state index in [9.17, 15) is 14.4 Å². The smallest absolute Gasteiger partial charge is 0.305 e. The Labute approximate surface area is 105 Å². The molecule has 1 saturated heterocycles.